The number of aliphatic hydroxyl groups is 1. The molecule has 0 spiro atoms. The molecule has 246 valence electrons. The zero-order valence-electron chi connectivity index (χ0n) is 26.9. The van der Waals surface area contributed by atoms with Gasteiger partial charge in [0.25, 0.3) is 5.91 Å². The number of aryl methyl sites for hydroxylation is 1. The Hall–Kier alpha value is -5.23. The summed E-state index contributed by atoms with van der Waals surface area (Å²) in [6, 6.07) is 17.3. The van der Waals surface area contributed by atoms with Gasteiger partial charge in [0.15, 0.2) is 11.5 Å². The summed E-state index contributed by atoms with van der Waals surface area (Å²) >= 11 is 0. The molecular weight excluding hydrogens is 602 g/mol. The zero-order chi connectivity index (χ0) is 33.2. The Morgan fingerprint density at radius 2 is 1.74 bits per heavy atom. The number of carbonyl (C=O) groups is 3. The van der Waals surface area contributed by atoms with Crippen molar-refractivity contribution in [3.8, 4) is 17.2 Å². The van der Waals surface area contributed by atoms with Crippen molar-refractivity contribution in [1.82, 2.24) is 14.4 Å². The normalized spacial score (nSPS) is 17.7. The van der Waals surface area contributed by atoms with Crippen molar-refractivity contribution in [2.45, 2.75) is 32.4 Å². The van der Waals surface area contributed by atoms with E-state index in [0.29, 0.717) is 35.2 Å². The number of para-hydroxylation sites is 1. The quantitative estimate of drug-likeness (QED) is 0.259. The number of fused-ring (bicyclic) bond motifs is 3. The minimum absolute atomic E-state index is 0.137. The number of aliphatic hydroxyl groups excluding tert-OH is 1. The van der Waals surface area contributed by atoms with Crippen LogP contribution in [0, 0.1) is 5.92 Å². The van der Waals surface area contributed by atoms with Crippen LogP contribution in [0.15, 0.2) is 66.9 Å². The fraction of sp³-hybridized carbons (Fsp3) is 0.343. The number of nitrogens with one attached hydrogen (secondary N) is 2. The van der Waals surface area contributed by atoms with Crippen molar-refractivity contribution in [2.75, 3.05) is 44.2 Å². The van der Waals surface area contributed by atoms with Crippen molar-refractivity contribution in [3.05, 3.63) is 78.0 Å². The lowest BCUT2D eigenvalue weighted by molar-refractivity contribution is -0.115. The molecule has 12 nitrogen and oxygen atoms in total. The van der Waals surface area contributed by atoms with Crippen LogP contribution < -0.4 is 24.8 Å². The van der Waals surface area contributed by atoms with Crippen LogP contribution in [0.5, 0.6) is 17.2 Å². The summed E-state index contributed by atoms with van der Waals surface area (Å²) in [7, 11) is 3.62. The smallest absolute Gasteiger partial charge is 0.321 e. The topological polar surface area (TPSA) is 135 Å². The van der Waals surface area contributed by atoms with Crippen molar-refractivity contribution in [3.63, 3.8) is 0 Å². The summed E-state index contributed by atoms with van der Waals surface area (Å²) in [5.74, 6) is 0.787. The van der Waals surface area contributed by atoms with Gasteiger partial charge in [-0.1, -0.05) is 25.1 Å². The van der Waals surface area contributed by atoms with Gasteiger partial charge < -0.3 is 44.3 Å². The van der Waals surface area contributed by atoms with Crippen LogP contribution in [0.2, 0.25) is 0 Å². The molecule has 12 heteroatoms. The van der Waals surface area contributed by atoms with Gasteiger partial charge in [-0.2, -0.15) is 0 Å². The molecule has 3 aromatic carbocycles. The molecule has 3 atom stereocenters. The van der Waals surface area contributed by atoms with Gasteiger partial charge in [0.1, 0.15) is 11.9 Å². The molecule has 0 fully saturated rings. The van der Waals surface area contributed by atoms with Gasteiger partial charge in [-0.15, -0.1) is 0 Å². The number of ether oxygens (including phenoxy) is 3. The Bertz CT molecular complexity index is 1820. The predicted molar refractivity (Wildman–Crippen MR) is 177 cm³/mol. The first-order chi connectivity index (χ1) is 22.6. The summed E-state index contributed by atoms with van der Waals surface area (Å²) in [4.78, 5) is 43.3. The molecule has 0 radical (unpaired) electrons. The molecule has 0 bridgehead atoms. The molecule has 47 heavy (non-hydrogen) atoms. The summed E-state index contributed by atoms with van der Waals surface area (Å²) in [6.07, 6.45) is 1.62. The number of likely N-dealkylation sites (N-methyl/N-ethyl adjacent to an activating group) is 1. The van der Waals surface area contributed by atoms with Crippen LogP contribution in [-0.4, -0.2) is 83.0 Å². The molecule has 3 N–H and O–H groups in total. The first-order valence-corrected chi connectivity index (χ1v) is 15.6. The number of benzene rings is 3. The van der Waals surface area contributed by atoms with Gasteiger partial charge in [-0.3, -0.25) is 9.59 Å². The maximum absolute atomic E-state index is 13.9. The van der Waals surface area contributed by atoms with Crippen molar-refractivity contribution in [2.24, 2.45) is 13.0 Å². The highest BCUT2D eigenvalue weighted by molar-refractivity contribution is 6.01. The lowest BCUT2D eigenvalue weighted by Gasteiger charge is -2.38. The van der Waals surface area contributed by atoms with E-state index in [0.717, 1.165) is 16.5 Å². The molecule has 0 unspecified atom stereocenters. The second-order valence-corrected chi connectivity index (χ2v) is 12.2. The van der Waals surface area contributed by atoms with E-state index in [-0.39, 0.29) is 55.7 Å². The minimum Gasteiger partial charge on any atom is -0.487 e. The average molecular weight is 642 g/mol. The van der Waals surface area contributed by atoms with Gasteiger partial charge >= 0.3 is 6.03 Å². The maximum atomic E-state index is 13.9. The van der Waals surface area contributed by atoms with Gasteiger partial charge in [-0.25, -0.2) is 4.79 Å². The number of aromatic nitrogens is 1. The van der Waals surface area contributed by atoms with Crippen LogP contribution in [0.3, 0.4) is 0 Å². The number of hydrogen-bond donors (Lipinski definition) is 3. The van der Waals surface area contributed by atoms with Crippen molar-refractivity contribution >= 4 is 40.1 Å². The van der Waals surface area contributed by atoms with E-state index in [9.17, 15) is 19.5 Å². The number of amides is 4. The van der Waals surface area contributed by atoms with E-state index in [2.05, 4.69) is 10.6 Å². The Labute approximate surface area is 272 Å². The predicted octanol–water partition coefficient (Wildman–Crippen LogP) is 4.47. The van der Waals surface area contributed by atoms with Gasteiger partial charge in [0.2, 0.25) is 12.7 Å². The highest BCUT2D eigenvalue weighted by Gasteiger charge is 2.34. The fourth-order valence-corrected chi connectivity index (χ4v) is 6.01. The lowest BCUT2D eigenvalue weighted by atomic mass is 9.99. The first kappa shape index (κ1) is 31.7. The second-order valence-electron chi connectivity index (χ2n) is 12.2. The van der Waals surface area contributed by atoms with Crippen LogP contribution in [0.1, 0.15) is 29.8 Å². The summed E-state index contributed by atoms with van der Waals surface area (Å²) in [5, 5.41) is 16.8. The summed E-state index contributed by atoms with van der Waals surface area (Å²) < 4.78 is 19.2. The van der Waals surface area contributed by atoms with Crippen LogP contribution >= 0.6 is 0 Å². The standard InChI is InChI=1S/C35H39N5O7/c1-21-16-40(22(2)19-41)34(43)27-14-24(36-33(42)13-23-17-38(3)28-8-6-5-7-26(23)28)9-11-29(27)47-32(21)18-39(4)35(44)37-25-10-12-30-31(15-25)46-20-45-30/h5-12,14-15,17,21-22,32,41H,13,16,18-20H2,1-4H3,(H,36,42)(H,37,44)/t21-,22-,32-/m1/s1. The third-order valence-electron chi connectivity index (χ3n) is 8.70. The van der Waals surface area contributed by atoms with E-state index in [1.54, 1.807) is 55.3 Å². The molecule has 2 aliphatic heterocycles. The van der Waals surface area contributed by atoms with Gasteiger partial charge in [0, 0.05) is 61.1 Å². The maximum Gasteiger partial charge on any atom is 0.321 e. The molecule has 3 heterocycles. The fourth-order valence-electron chi connectivity index (χ4n) is 6.01. The number of nitrogens with zero attached hydrogens (tertiary/aromatic N) is 3. The highest BCUT2D eigenvalue weighted by Crippen LogP contribution is 2.35. The number of urea groups is 1. The molecule has 1 aromatic heterocycles. The van der Waals surface area contributed by atoms with E-state index in [1.807, 2.05) is 49.0 Å². The van der Waals surface area contributed by atoms with Crippen molar-refractivity contribution in [1.29, 1.82) is 0 Å². The van der Waals surface area contributed by atoms with Gasteiger partial charge in [-0.05, 0) is 48.9 Å². The monoisotopic (exact) mass is 641 g/mol. The largest absolute Gasteiger partial charge is 0.487 e. The Balaban J connectivity index is 1.20. The highest BCUT2D eigenvalue weighted by atomic mass is 16.7. The number of rotatable bonds is 8. The van der Waals surface area contributed by atoms with Crippen LogP contribution in [0.4, 0.5) is 16.2 Å². The van der Waals surface area contributed by atoms with Crippen molar-refractivity contribution < 1.29 is 33.7 Å². The van der Waals surface area contributed by atoms with E-state index < -0.39 is 12.1 Å². The first-order valence-electron chi connectivity index (χ1n) is 15.6. The van der Waals surface area contributed by atoms with E-state index in [4.69, 9.17) is 14.2 Å². The van der Waals surface area contributed by atoms with E-state index >= 15 is 0 Å². The summed E-state index contributed by atoms with van der Waals surface area (Å²) in [5.41, 5.74) is 3.21. The Morgan fingerprint density at radius 1 is 1.02 bits per heavy atom. The average Bonchev–Trinajstić information content (AvgIpc) is 3.66. The third kappa shape index (κ3) is 6.68. The molecule has 0 saturated carbocycles. The van der Waals surface area contributed by atoms with Crippen LogP contribution in [0.25, 0.3) is 10.9 Å². The molecular formula is C35H39N5O7. The molecule has 2 aliphatic rings. The van der Waals surface area contributed by atoms with Crippen LogP contribution in [-0.2, 0) is 18.3 Å². The lowest BCUT2D eigenvalue weighted by Crippen LogP contribution is -2.50. The van der Waals surface area contributed by atoms with Gasteiger partial charge in [0.05, 0.1) is 31.2 Å². The Morgan fingerprint density at radius 3 is 2.53 bits per heavy atom. The zero-order valence-corrected chi connectivity index (χ0v) is 26.9. The molecule has 0 saturated heterocycles. The van der Waals surface area contributed by atoms with E-state index in [1.165, 1.54) is 4.90 Å². The number of carbonyl (C=O) groups excluding carboxylic acids is 3. The second kappa shape index (κ2) is 13.2. The summed E-state index contributed by atoms with van der Waals surface area (Å²) in [6.45, 7) is 4.15. The molecule has 4 aromatic rings. The molecule has 6 rings (SSSR count). The minimum atomic E-state index is -0.491. The third-order valence-corrected chi connectivity index (χ3v) is 8.70. The Kier molecular flexibility index (Phi) is 8.95. The molecule has 0 aliphatic carbocycles. The number of anilines is 2. The SMILES string of the molecule is C[C@@H]1CN([C@H](C)CO)C(=O)c2cc(NC(=O)Cc3cn(C)c4ccccc34)ccc2O[C@@H]1CN(C)C(=O)Nc1ccc2c(c1)OCO2. The molecule has 4 amide bonds. The number of hydrogen-bond acceptors (Lipinski definition) is 7.